The van der Waals surface area contributed by atoms with Gasteiger partial charge in [-0.25, -0.2) is 0 Å². The molecule has 4 nitrogen and oxygen atoms in total. The second-order valence-corrected chi connectivity index (χ2v) is 5.58. The molecule has 1 fully saturated rings. The third kappa shape index (κ3) is 2.88. The molecule has 0 amide bonds. The minimum absolute atomic E-state index is 0.406. The van der Waals surface area contributed by atoms with Crippen molar-refractivity contribution < 1.29 is 14.2 Å². The molecule has 2 N–H and O–H groups in total. The van der Waals surface area contributed by atoms with Gasteiger partial charge in [-0.15, -0.1) is 0 Å². The van der Waals surface area contributed by atoms with Crippen molar-refractivity contribution >= 4 is 15.9 Å². The summed E-state index contributed by atoms with van der Waals surface area (Å²) in [6, 6.07) is 3.91. The molecule has 1 unspecified atom stereocenters. The number of rotatable bonds is 3. The van der Waals surface area contributed by atoms with Gasteiger partial charge in [0.15, 0.2) is 0 Å². The lowest BCUT2D eigenvalue weighted by atomic mass is 9.83. The van der Waals surface area contributed by atoms with E-state index in [1.165, 1.54) is 0 Å². The Morgan fingerprint density at radius 3 is 2.68 bits per heavy atom. The molecule has 0 aromatic heterocycles. The molecular weight excluding hydrogens is 310 g/mol. The minimum atomic E-state index is -0.406. The first kappa shape index (κ1) is 14.6. The second-order valence-electron chi connectivity index (χ2n) is 4.78. The van der Waals surface area contributed by atoms with E-state index in [0.29, 0.717) is 6.61 Å². The zero-order valence-electron chi connectivity index (χ0n) is 11.4. The van der Waals surface area contributed by atoms with Gasteiger partial charge < -0.3 is 19.9 Å². The minimum Gasteiger partial charge on any atom is -0.495 e. The summed E-state index contributed by atoms with van der Waals surface area (Å²) in [4.78, 5) is 0. The van der Waals surface area contributed by atoms with Crippen LogP contribution in [-0.2, 0) is 10.3 Å². The van der Waals surface area contributed by atoms with Crippen molar-refractivity contribution in [2.75, 3.05) is 27.4 Å². The van der Waals surface area contributed by atoms with Crippen molar-refractivity contribution in [3.8, 4) is 11.5 Å². The van der Waals surface area contributed by atoms with Gasteiger partial charge in [-0.1, -0.05) is 0 Å². The first-order valence-corrected chi connectivity index (χ1v) is 7.19. The molecule has 0 saturated carbocycles. The standard InChI is InChI=1S/C14H20BrNO3/c1-17-11-5-4-10(13(18-2)12(11)15)14(16)6-3-8-19-9-7-14/h4-5H,3,6-9,16H2,1-2H3. The largest absolute Gasteiger partial charge is 0.495 e. The van der Waals surface area contributed by atoms with Crippen molar-refractivity contribution in [2.24, 2.45) is 5.73 Å². The molecule has 1 aromatic carbocycles. The van der Waals surface area contributed by atoms with Crippen LogP contribution >= 0.6 is 15.9 Å². The highest BCUT2D eigenvalue weighted by molar-refractivity contribution is 9.10. The Bertz CT molecular complexity index is 443. The molecule has 1 atom stereocenters. The van der Waals surface area contributed by atoms with Gasteiger partial charge >= 0.3 is 0 Å². The molecule has 0 spiro atoms. The summed E-state index contributed by atoms with van der Waals surface area (Å²) in [6.45, 7) is 1.46. The fourth-order valence-corrected chi connectivity index (χ4v) is 3.20. The molecule has 106 valence electrons. The Labute approximate surface area is 122 Å². The molecule has 2 rings (SSSR count). The third-order valence-corrected chi connectivity index (χ3v) is 4.38. The molecule has 0 aliphatic carbocycles. The summed E-state index contributed by atoms with van der Waals surface area (Å²) in [5.74, 6) is 1.50. The predicted molar refractivity (Wildman–Crippen MR) is 77.8 cm³/mol. The molecule has 1 aromatic rings. The lowest BCUT2D eigenvalue weighted by molar-refractivity contribution is 0.139. The third-order valence-electron chi connectivity index (χ3n) is 3.63. The van der Waals surface area contributed by atoms with Crippen molar-refractivity contribution in [1.29, 1.82) is 0 Å². The normalized spacial score (nSPS) is 23.8. The van der Waals surface area contributed by atoms with Crippen molar-refractivity contribution in [2.45, 2.75) is 24.8 Å². The molecule has 19 heavy (non-hydrogen) atoms. The summed E-state index contributed by atoms with van der Waals surface area (Å²) in [6.07, 6.45) is 2.65. The maximum Gasteiger partial charge on any atom is 0.141 e. The predicted octanol–water partition coefficient (Wildman–Crippen LogP) is 2.82. The van der Waals surface area contributed by atoms with E-state index in [4.69, 9.17) is 19.9 Å². The van der Waals surface area contributed by atoms with E-state index in [9.17, 15) is 0 Å². The van der Waals surface area contributed by atoms with Gasteiger partial charge in [-0.2, -0.15) is 0 Å². The first-order valence-electron chi connectivity index (χ1n) is 6.40. The van der Waals surface area contributed by atoms with Gasteiger partial charge in [-0.3, -0.25) is 0 Å². The lowest BCUT2D eigenvalue weighted by Crippen LogP contribution is -2.37. The van der Waals surface area contributed by atoms with Crippen LogP contribution in [-0.4, -0.2) is 27.4 Å². The molecule has 1 saturated heterocycles. The zero-order valence-corrected chi connectivity index (χ0v) is 13.0. The van der Waals surface area contributed by atoms with Crippen molar-refractivity contribution in [1.82, 2.24) is 0 Å². The summed E-state index contributed by atoms with van der Waals surface area (Å²) in [7, 11) is 3.29. The van der Waals surface area contributed by atoms with E-state index in [1.807, 2.05) is 12.1 Å². The van der Waals surface area contributed by atoms with Gasteiger partial charge in [0.1, 0.15) is 16.0 Å². The monoisotopic (exact) mass is 329 g/mol. The topological polar surface area (TPSA) is 53.7 Å². The van der Waals surface area contributed by atoms with E-state index in [-0.39, 0.29) is 0 Å². The Morgan fingerprint density at radius 2 is 2.00 bits per heavy atom. The second kappa shape index (κ2) is 6.11. The summed E-state index contributed by atoms with van der Waals surface area (Å²) < 4.78 is 17.1. The molecular formula is C14H20BrNO3. The Kier molecular flexibility index (Phi) is 4.71. The van der Waals surface area contributed by atoms with Gasteiger partial charge in [0.05, 0.1) is 14.2 Å². The average molecular weight is 330 g/mol. The quantitative estimate of drug-likeness (QED) is 0.926. The number of methoxy groups -OCH3 is 2. The number of halogens is 1. The number of benzene rings is 1. The van der Waals surface area contributed by atoms with Gasteiger partial charge in [0.25, 0.3) is 0 Å². The molecule has 5 heteroatoms. The maximum absolute atomic E-state index is 6.60. The van der Waals surface area contributed by atoms with Crippen LogP contribution in [0.2, 0.25) is 0 Å². The van der Waals surface area contributed by atoms with Crippen LogP contribution in [0.3, 0.4) is 0 Å². The Hall–Kier alpha value is -0.780. The van der Waals surface area contributed by atoms with Crippen LogP contribution < -0.4 is 15.2 Å². The van der Waals surface area contributed by atoms with Crippen molar-refractivity contribution in [3.63, 3.8) is 0 Å². The smallest absolute Gasteiger partial charge is 0.141 e. The van der Waals surface area contributed by atoms with Crippen LogP contribution in [0.1, 0.15) is 24.8 Å². The highest BCUT2D eigenvalue weighted by Gasteiger charge is 2.33. The number of ether oxygens (including phenoxy) is 3. The van der Waals surface area contributed by atoms with Gasteiger partial charge in [0, 0.05) is 24.3 Å². The SMILES string of the molecule is COc1ccc(C2(N)CCCOCC2)c(OC)c1Br. The Morgan fingerprint density at radius 1 is 1.21 bits per heavy atom. The average Bonchev–Trinajstić information content (AvgIpc) is 2.64. The first-order chi connectivity index (χ1) is 9.12. The van der Waals surface area contributed by atoms with E-state index >= 15 is 0 Å². The number of hydrogen-bond donors (Lipinski definition) is 1. The van der Waals surface area contributed by atoms with Gasteiger partial charge in [-0.05, 0) is 47.3 Å². The highest BCUT2D eigenvalue weighted by Crippen LogP contribution is 2.43. The summed E-state index contributed by atoms with van der Waals surface area (Å²) >= 11 is 3.53. The fraction of sp³-hybridized carbons (Fsp3) is 0.571. The zero-order chi connectivity index (χ0) is 13.9. The molecule has 1 heterocycles. The van der Waals surface area contributed by atoms with Crippen LogP contribution in [0.25, 0.3) is 0 Å². The van der Waals surface area contributed by atoms with E-state index in [1.54, 1.807) is 14.2 Å². The van der Waals surface area contributed by atoms with Crippen LogP contribution in [0.15, 0.2) is 16.6 Å². The molecule has 0 bridgehead atoms. The molecule has 0 radical (unpaired) electrons. The highest BCUT2D eigenvalue weighted by atomic mass is 79.9. The van der Waals surface area contributed by atoms with Crippen LogP contribution in [0.5, 0.6) is 11.5 Å². The summed E-state index contributed by atoms with van der Waals surface area (Å²) in [5, 5.41) is 0. The lowest BCUT2D eigenvalue weighted by Gasteiger charge is -2.30. The van der Waals surface area contributed by atoms with Crippen molar-refractivity contribution in [3.05, 3.63) is 22.2 Å². The van der Waals surface area contributed by atoms with E-state index < -0.39 is 5.54 Å². The van der Waals surface area contributed by atoms with E-state index in [2.05, 4.69) is 15.9 Å². The number of hydrogen-bond acceptors (Lipinski definition) is 4. The van der Waals surface area contributed by atoms with E-state index in [0.717, 1.165) is 47.4 Å². The molecule has 1 aliphatic rings. The van der Waals surface area contributed by atoms with Crippen LogP contribution in [0.4, 0.5) is 0 Å². The van der Waals surface area contributed by atoms with Gasteiger partial charge in [0.2, 0.25) is 0 Å². The Balaban J connectivity index is 2.45. The maximum atomic E-state index is 6.60. The number of nitrogens with two attached hydrogens (primary N) is 1. The summed E-state index contributed by atoms with van der Waals surface area (Å²) in [5.41, 5.74) is 7.20. The fourth-order valence-electron chi connectivity index (χ4n) is 2.53. The van der Waals surface area contributed by atoms with Crippen LogP contribution in [0, 0.1) is 0 Å². The molecule has 1 aliphatic heterocycles.